The Bertz CT molecular complexity index is 354. The van der Waals surface area contributed by atoms with Crippen molar-refractivity contribution in [2.24, 2.45) is 5.73 Å². The van der Waals surface area contributed by atoms with Gasteiger partial charge in [-0.15, -0.1) is 0 Å². The number of hydrogen-bond donors (Lipinski definition) is 1. The molecule has 4 heteroatoms. The van der Waals surface area contributed by atoms with Crippen LogP contribution in [-0.2, 0) is 9.53 Å². The first-order valence-corrected chi connectivity index (χ1v) is 6.24. The highest BCUT2D eigenvalue weighted by Crippen LogP contribution is 2.16. The van der Waals surface area contributed by atoms with E-state index in [9.17, 15) is 4.79 Å². The lowest BCUT2D eigenvalue weighted by molar-refractivity contribution is -0.131. The third kappa shape index (κ3) is 4.47. The molecule has 0 fully saturated rings. The van der Waals surface area contributed by atoms with Crippen LogP contribution >= 0.6 is 0 Å². The molecular weight excluding hydrogens is 228 g/mol. The van der Waals surface area contributed by atoms with Crippen LogP contribution in [0.15, 0.2) is 30.3 Å². The summed E-state index contributed by atoms with van der Waals surface area (Å²) in [4.78, 5) is 13.9. The van der Waals surface area contributed by atoms with Crippen molar-refractivity contribution >= 4 is 5.91 Å². The van der Waals surface area contributed by atoms with Crippen molar-refractivity contribution in [3.63, 3.8) is 0 Å². The Morgan fingerprint density at radius 1 is 1.33 bits per heavy atom. The van der Waals surface area contributed by atoms with Gasteiger partial charge in [0.2, 0.25) is 5.91 Å². The van der Waals surface area contributed by atoms with Gasteiger partial charge < -0.3 is 15.4 Å². The predicted octanol–water partition coefficient (Wildman–Crippen LogP) is 1.22. The fourth-order valence-electron chi connectivity index (χ4n) is 1.71. The van der Waals surface area contributed by atoms with Crippen LogP contribution in [-0.4, -0.2) is 44.2 Å². The second-order valence-electron chi connectivity index (χ2n) is 4.29. The normalized spacial score (nSPS) is 12.2. The average Bonchev–Trinajstić information content (AvgIpc) is 2.42. The van der Waals surface area contributed by atoms with Crippen molar-refractivity contribution in [2.45, 2.75) is 12.8 Å². The quantitative estimate of drug-likeness (QED) is 0.740. The Kier molecular flexibility index (Phi) is 6.39. The first-order valence-electron chi connectivity index (χ1n) is 6.24. The smallest absolute Gasteiger partial charge is 0.229 e. The van der Waals surface area contributed by atoms with Gasteiger partial charge in [-0.1, -0.05) is 30.3 Å². The predicted molar refractivity (Wildman–Crippen MR) is 72.4 cm³/mol. The minimum Gasteiger partial charge on any atom is -0.378 e. The molecule has 0 saturated heterocycles. The number of rotatable bonds is 7. The van der Waals surface area contributed by atoms with E-state index in [1.54, 1.807) is 11.9 Å². The summed E-state index contributed by atoms with van der Waals surface area (Å²) in [6, 6.07) is 9.79. The number of nitrogens with zero attached hydrogens (tertiary/aromatic N) is 1. The zero-order valence-corrected chi connectivity index (χ0v) is 11.1. The molecule has 100 valence electrons. The third-order valence-electron chi connectivity index (χ3n) is 2.88. The van der Waals surface area contributed by atoms with Gasteiger partial charge in [0.1, 0.15) is 0 Å². The number of hydrogen-bond acceptors (Lipinski definition) is 3. The molecule has 18 heavy (non-hydrogen) atoms. The van der Waals surface area contributed by atoms with Crippen LogP contribution in [0.2, 0.25) is 0 Å². The second-order valence-corrected chi connectivity index (χ2v) is 4.29. The summed E-state index contributed by atoms with van der Waals surface area (Å²) >= 11 is 0. The molecule has 0 aliphatic rings. The van der Waals surface area contributed by atoms with Crippen molar-refractivity contribution in [1.82, 2.24) is 4.90 Å². The van der Waals surface area contributed by atoms with Crippen molar-refractivity contribution in [3.8, 4) is 0 Å². The lowest BCUT2D eigenvalue weighted by Gasteiger charge is -2.21. The standard InChI is InChI=1S/C14H22N2O2/c1-12(13-6-4-3-5-7-13)14(17)16(2)9-11-18-10-8-15/h3-7,12H,8-11,15H2,1-2H3. The van der Waals surface area contributed by atoms with Gasteiger partial charge in [0.15, 0.2) is 0 Å². The van der Waals surface area contributed by atoms with Gasteiger partial charge in [0, 0.05) is 20.1 Å². The molecule has 0 bridgehead atoms. The Balaban J connectivity index is 2.43. The first kappa shape index (κ1) is 14.7. The minimum atomic E-state index is -0.120. The Morgan fingerprint density at radius 3 is 2.61 bits per heavy atom. The van der Waals surface area contributed by atoms with E-state index >= 15 is 0 Å². The third-order valence-corrected chi connectivity index (χ3v) is 2.88. The molecule has 1 amide bonds. The van der Waals surface area contributed by atoms with Crippen LogP contribution in [0, 0.1) is 0 Å². The molecule has 0 heterocycles. The maximum Gasteiger partial charge on any atom is 0.229 e. The summed E-state index contributed by atoms with van der Waals surface area (Å²) in [7, 11) is 1.80. The highest BCUT2D eigenvalue weighted by Gasteiger charge is 2.18. The zero-order chi connectivity index (χ0) is 13.4. The summed E-state index contributed by atoms with van der Waals surface area (Å²) in [6.45, 7) is 4.10. The van der Waals surface area contributed by atoms with Crippen molar-refractivity contribution in [1.29, 1.82) is 0 Å². The number of ether oxygens (including phenoxy) is 1. The van der Waals surface area contributed by atoms with E-state index in [0.29, 0.717) is 26.3 Å². The molecule has 0 aromatic heterocycles. The molecule has 0 spiro atoms. The molecule has 1 rings (SSSR count). The van der Waals surface area contributed by atoms with E-state index in [1.807, 2.05) is 37.3 Å². The van der Waals surface area contributed by atoms with Gasteiger partial charge in [-0.2, -0.15) is 0 Å². The van der Waals surface area contributed by atoms with Crippen LogP contribution in [0.5, 0.6) is 0 Å². The van der Waals surface area contributed by atoms with Crippen molar-refractivity contribution in [2.75, 3.05) is 33.4 Å². The topological polar surface area (TPSA) is 55.6 Å². The fourth-order valence-corrected chi connectivity index (χ4v) is 1.71. The maximum absolute atomic E-state index is 12.2. The van der Waals surface area contributed by atoms with Gasteiger partial charge in [0.25, 0.3) is 0 Å². The number of amides is 1. The Labute approximate surface area is 109 Å². The van der Waals surface area contributed by atoms with E-state index < -0.39 is 0 Å². The van der Waals surface area contributed by atoms with Crippen LogP contribution < -0.4 is 5.73 Å². The van der Waals surface area contributed by atoms with Gasteiger partial charge in [-0.05, 0) is 12.5 Å². The maximum atomic E-state index is 12.2. The monoisotopic (exact) mass is 250 g/mol. The van der Waals surface area contributed by atoms with E-state index in [2.05, 4.69) is 0 Å². The fraction of sp³-hybridized carbons (Fsp3) is 0.500. The number of carbonyl (C=O) groups excluding carboxylic acids is 1. The van der Waals surface area contributed by atoms with E-state index in [-0.39, 0.29) is 11.8 Å². The summed E-state index contributed by atoms with van der Waals surface area (Å²) in [5, 5.41) is 0. The lowest BCUT2D eigenvalue weighted by atomic mass is 10.00. The molecule has 1 atom stereocenters. The van der Waals surface area contributed by atoms with Gasteiger partial charge >= 0.3 is 0 Å². The van der Waals surface area contributed by atoms with E-state index in [4.69, 9.17) is 10.5 Å². The largest absolute Gasteiger partial charge is 0.378 e. The zero-order valence-electron chi connectivity index (χ0n) is 11.1. The van der Waals surface area contributed by atoms with Crippen LogP contribution in [0.4, 0.5) is 0 Å². The van der Waals surface area contributed by atoms with E-state index in [0.717, 1.165) is 5.56 Å². The minimum absolute atomic E-state index is 0.109. The van der Waals surface area contributed by atoms with Gasteiger partial charge in [-0.3, -0.25) is 4.79 Å². The average molecular weight is 250 g/mol. The number of benzene rings is 1. The molecule has 0 radical (unpaired) electrons. The highest BCUT2D eigenvalue weighted by molar-refractivity contribution is 5.83. The highest BCUT2D eigenvalue weighted by atomic mass is 16.5. The van der Waals surface area contributed by atoms with Crippen LogP contribution in [0.25, 0.3) is 0 Å². The van der Waals surface area contributed by atoms with Gasteiger partial charge in [-0.25, -0.2) is 0 Å². The summed E-state index contributed by atoms with van der Waals surface area (Å²) in [6.07, 6.45) is 0. The Hall–Kier alpha value is -1.39. The first-order chi connectivity index (χ1) is 8.66. The molecule has 1 unspecified atom stereocenters. The van der Waals surface area contributed by atoms with Crippen molar-refractivity contribution < 1.29 is 9.53 Å². The van der Waals surface area contributed by atoms with Crippen LogP contribution in [0.1, 0.15) is 18.4 Å². The summed E-state index contributed by atoms with van der Waals surface area (Å²) in [5.41, 5.74) is 6.36. The number of carbonyl (C=O) groups is 1. The lowest BCUT2D eigenvalue weighted by Crippen LogP contribution is -2.33. The van der Waals surface area contributed by atoms with Crippen LogP contribution in [0.3, 0.4) is 0 Å². The van der Waals surface area contributed by atoms with Gasteiger partial charge in [0.05, 0.1) is 19.1 Å². The SMILES string of the molecule is CC(C(=O)N(C)CCOCCN)c1ccccc1. The molecular formula is C14H22N2O2. The Morgan fingerprint density at radius 2 is 2.00 bits per heavy atom. The summed E-state index contributed by atoms with van der Waals surface area (Å²) in [5.74, 6) is -0.0109. The molecule has 2 N–H and O–H groups in total. The molecule has 0 aliphatic carbocycles. The number of nitrogens with two attached hydrogens (primary N) is 1. The summed E-state index contributed by atoms with van der Waals surface area (Å²) < 4.78 is 5.27. The molecule has 1 aromatic rings. The number of likely N-dealkylation sites (N-methyl/N-ethyl adjacent to an activating group) is 1. The molecule has 1 aromatic carbocycles. The molecule has 4 nitrogen and oxygen atoms in total. The molecule has 0 saturated carbocycles. The van der Waals surface area contributed by atoms with E-state index in [1.165, 1.54) is 0 Å². The second kappa shape index (κ2) is 7.84. The molecule has 0 aliphatic heterocycles. The van der Waals surface area contributed by atoms with Crippen molar-refractivity contribution in [3.05, 3.63) is 35.9 Å².